The molecule has 1 saturated heterocycles. The fourth-order valence-corrected chi connectivity index (χ4v) is 4.79. The summed E-state index contributed by atoms with van der Waals surface area (Å²) in [6.45, 7) is 6.10. The molecule has 0 bridgehead atoms. The summed E-state index contributed by atoms with van der Waals surface area (Å²) in [4.78, 5) is 19.7. The number of rotatable bonds is 7. The Balaban J connectivity index is 1.18. The van der Waals surface area contributed by atoms with Crippen LogP contribution < -0.4 is 0 Å². The first-order valence-corrected chi connectivity index (χ1v) is 12.0. The van der Waals surface area contributed by atoms with Crippen LogP contribution in [0, 0.1) is 5.92 Å². The summed E-state index contributed by atoms with van der Waals surface area (Å²) in [6, 6.07) is 8.31. The molecule has 3 heterocycles. The molecular weight excluding hydrogens is 418 g/mol. The summed E-state index contributed by atoms with van der Waals surface area (Å²) in [6.07, 6.45) is 5.06. The Kier molecular flexibility index (Phi) is 6.26. The highest BCUT2D eigenvalue weighted by Gasteiger charge is 2.30. The predicted molar refractivity (Wildman–Crippen MR) is 123 cm³/mol. The van der Waals surface area contributed by atoms with E-state index >= 15 is 0 Å². The Morgan fingerprint density at radius 1 is 1.30 bits per heavy atom. The zero-order chi connectivity index (χ0) is 22.8. The largest absolute Gasteiger partial charge is 0.376 e. The monoisotopic (exact) mass is 449 g/mol. The lowest BCUT2D eigenvalue weighted by Crippen LogP contribution is -2.43. The van der Waals surface area contributed by atoms with Crippen LogP contribution in [0.1, 0.15) is 60.0 Å². The number of H-pyrrole nitrogens is 1. The number of piperidine rings is 1. The maximum absolute atomic E-state index is 13.3. The highest BCUT2D eigenvalue weighted by atomic mass is 16.5. The van der Waals surface area contributed by atoms with Gasteiger partial charge in [-0.05, 0) is 37.2 Å². The number of carbonyl (C=O) groups is 1. The van der Waals surface area contributed by atoms with Crippen molar-refractivity contribution in [2.75, 3.05) is 19.7 Å². The average Bonchev–Trinajstić information content (AvgIpc) is 3.45. The molecule has 0 radical (unpaired) electrons. The van der Waals surface area contributed by atoms with E-state index in [0.29, 0.717) is 42.9 Å². The standard InChI is InChI=1S/C25H31N5O3/c1-16(2)14-22-26-21(29-33-22)11-13-32-18-7-5-12-30(15-18)25(31)24-20-10-9-17-6-3-4-8-19(17)23(20)27-28-24/h3-4,6,8,16,18H,5,7,9-15H2,1-2H3,(H,27,28). The molecule has 5 rings (SSSR count). The molecule has 1 aliphatic heterocycles. The van der Waals surface area contributed by atoms with Gasteiger partial charge in [-0.15, -0.1) is 0 Å². The number of amides is 1. The zero-order valence-electron chi connectivity index (χ0n) is 19.3. The van der Waals surface area contributed by atoms with Crippen molar-refractivity contribution < 1.29 is 14.1 Å². The maximum atomic E-state index is 13.3. The molecule has 3 aromatic rings. The minimum Gasteiger partial charge on any atom is -0.376 e. The minimum atomic E-state index is 0.0178. The number of aromatic amines is 1. The van der Waals surface area contributed by atoms with Crippen LogP contribution in [0.15, 0.2) is 28.8 Å². The van der Waals surface area contributed by atoms with Gasteiger partial charge in [0.25, 0.3) is 5.91 Å². The summed E-state index contributed by atoms with van der Waals surface area (Å²) < 4.78 is 11.4. The number of carbonyl (C=O) groups excluding carboxylic acids is 1. The van der Waals surface area contributed by atoms with E-state index in [-0.39, 0.29) is 12.0 Å². The van der Waals surface area contributed by atoms with Crippen LogP contribution in [-0.4, -0.2) is 56.9 Å². The smallest absolute Gasteiger partial charge is 0.272 e. The molecular formula is C25H31N5O3. The van der Waals surface area contributed by atoms with Crippen LogP contribution in [0.3, 0.4) is 0 Å². The van der Waals surface area contributed by atoms with Crippen molar-refractivity contribution >= 4 is 5.91 Å². The SMILES string of the molecule is CC(C)Cc1nc(CCOC2CCCN(C(=O)c3[nH]nc4c3CCc3ccccc3-4)C2)no1. The molecule has 1 fully saturated rings. The van der Waals surface area contributed by atoms with Crippen molar-refractivity contribution in [3.8, 4) is 11.3 Å². The third-order valence-corrected chi connectivity index (χ3v) is 6.44. The molecule has 33 heavy (non-hydrogen) atoms. The second-order valence-electron chi connectivity index (χ2n) is 9.42. The first-order valence-electron chi connectivity index (χ1n) is 12.0. The van der Waals surface area contributed by atoms with Gasteiger partial charge in [0, 0.05) is 37.1 Å². The molecule has 1 aromatic carbocycles. The lowest BCUT2D eigenvalue weighted by atomic mass is 9.89. The van der Waals surface area contributed by atoms with Crippen molar-refractivity contribution in [3.05, 3.63) is 52.8 Å². The van der Waals surface area contributed by atoms with Gasteiger partial charge in [-0.3, -0.25) is 9.89 Å². The number of benzene rings is 1. The van der Waals surface area contributed by atoms with Crippen LogP contribution in [0.4, 0.5) is 0 Å². The molecule has 2 aliphatic rings. The van der Waals surface area contributed by atoms with Gasteiger partial charge in [-0.2, -0.15) is 10.1 Å². The van der Waals surface area contributed by atoms with Crippen molar-refractivity contribution in [2.45, 2.75) is 58.5 Å². The lowest BCUT2D eigenvalue weighted by Gasteiger charge is -2.32. The topological polar surface area (TPSA) is 97.1 Å². The summed E-state index contributed by atoms with van der Waals surface area (Å²) in [5, 5.41) is 11.6. The molecule has 1 atom stereocenters. The Labute approximate surface area is 193 Å². The number of aromatic nitrogens is 4. The van der Waals surface area contributed by atoms with Gasteiger partial charge < -0.3 is 14.2 Å². The molecule has 8 heteroatoms. The number of aryl methyl sites for hydroxylation is 1. The molecule has 8 nitrogen and oxygen atoms in total. The summed E-state index contributed by atoms with van der Waals surface area (Å²) in [5.41, 5.74) is 5.01. The predicted octanol–water partition coefficient (Wildman–Crippen LogP) is 3.62. The second-order valence-corrected chi connectivity index (χ2v) is 9.42. The molecule has 1 N–H and O–H groups in total. The normalized spacial score (nSPS) is 17.8. The fraction of sp³-hybridized carbons (Fsp3) is 0.520. The van der Waals surface area contributed by atoms with Crippen molar-refractivity contribution in [1.29, 1.82) is 0 Å². The van der Waals surface area contributed by atoms with Gasteiger partial charge in [0.1, 0.15) is 5.69 Å². The first-order chi connectivity index (χ1) is 16.1. The number of fused-ring (bicyclic) bond motifs is 3. The highest BCUT2D eigenvalue weighted by molar-refractivity contribution is 5.96. The number of nitrogens with one attached hydrogen (secondary N) is 1. The van der Waals surface area contributed by atoms with Gasteiger partial charge in [0.05, 0.1) is 18.4 Å². The van der Waals surface area contributed by atoms with E-state index in [4.69, 9.17) is 9.26 Å². The van der Waals surface area contributed by atoms with Gasteiger partial charge in [0.15, 0.2) is 5.82 Å². The van der Waals surface area contributed by atoms with Crippen LogP contribution in [-0.2, 0) is 30.4 Å². The van der Waals surface area contributed by atoms with Gasteiger partial charge in [0.2, 0.25) is 5.89 Å². The van der Waals surface area contributed by atoms with E-state index in [1.165, 1.54) is 5.56 Å². The van der Waals surface area contributed by atoms with E-state index < -0.39 is 0 Å². The Hall–Kier alpha value is -3.00. The third-order valence-electron chi connectivity index (χ3n) is 6.44. The number of nitrogens with zero attached hydrogens (tertiary/aromatic N) is 4. The summed E-state index contributed by atoms with van der Waals surface area (Å²) in [7, 11) is 0. The van der Waals surface area contributed by atoms with E-state index in [1.54, 1.807) is 0 Å². The van der Waals surface area contributed by atoms with Crippen LogP contribution in [0.2, 0.25) is 0 Å². The Morgan fingerprint density at radius 3 is 3.06 bits per heavy atom. The van der Waals surface area contributed by atoms with E-state index in [9.17, 15) is 4.79 Å². The molecule has 1 unspecified atom stereocenters. The Morgan fingerprint density at radius 2 is 2.18 bits per heavy atom. The molecule has 1 aliphatic carbocycles. The maximum Gasteiger partial charge on any atom is 0.272 e. The van der Waals surface area contributed by atoms with Crippen molar-refractivity contribution in [2.24, 2.45) is 5.92 Å². The van der Waals surface area contributed by atoms with Crippen LogP contribution in [0.25, 0.3) is 11.3 Å². The van der Waals surface area contributed by atoms with E-state index in [1.807, 2.05) is 11.0 Å². The Bertz CT molecular complexity index is 1120. The molecule has 2 aromatic heterocycles. The molecule has 174 valence electrons. The number of hydrogen-bond donors (Lipinski definition) is 1. The second kappa shape index (κ2) is 9.47. The zero-order valence-corrected chi connectivity index (χ0v) is 19.3. The molecule has 0 spiro atoms. The van der Waals surface area contributed by atoms with Crippen molar-refractivity contribution in [1.82, 2.24) is 25.2 Å². The number of ether oxygens (including phenoxy) is 1. The summed E-state index contributed by atoms with van der Waals surface area (Å²) in [5.74, 6) is 1.86. The van der Waals surface area contributed by atoms with E-state index in [2.05, 4.69) is 52.4 Å². The van der Waals surface area contributed by atoms with E-state index in [0.717, 1.165) is 55.5 Å². The average molecular weight is 450 g/mol. The summed E-state index contributed by atoms with van der Waals surface area (Å²) >= 11 is 0. The fourth-order valence-electron chi connectivity index (χ4n) is 4.79. The van der Waals surface area contributed by atoms with Gasteiger partial charge >= 0.3 is 0 Å². The number of likely N-dealkylation sites (tertiary alicyclic amines) is 1. The molecule has 1 amide bonds. The highest BCUT2D eigenvalue weighted by Crippen LogP contribution is 2.34. The lowest BCUT2D eigenvalue weighted by molar-refractivity contribution is 0.00228. The van der Waals surface area contributed by atoms with Crippen LogP contribution in [0.5, 0.6) is 0 Å². The first kappa shape index (κ1) is 21.8. The molecule has 0 saturated carbocycles. The van der Waals surface area contributed by atoms with Crippen molar-refractivity contribution in [3.63, 3.8) is 0 Å². The van der Waals surface area contributed by atoms with Gasteiger partial charge in [-0.1, -0.05) is 43.3 Å². The van der Waals surface area contributed by atoms with Gasteiger partial charge in [-0.25, -0.2) is 0 Å². The van der Waals surface area contributed by atoms with Crippen LogP contribution >= 0.6 is 0 Å². The third kappa shape index (κ3) is 4.71. The number of hydrogen-bond acceptors (Lipinski definition) is 6. The quantitative estimate of drug-likeness (QED) is 0.592. The minimum absolute atomic E-state index is 0.0178.